The van der Waals surface area contributed by atoms with Crippen molar-refractivity contribution in [1.29, 1.82) is 0 Å². The first-order valence-corrected chi connectivity index (χ1v) is 13.1. The second-order valence-electron chi connectivity index (χ2n) is 9.28. The summed E-state index contributed by atoms with van der Waals surface area (Å²) in [7, 11) is 0. The largest absolute Gasteiger partial charge is 0.372 e. The van der Waals surface area contributed by atoms with Gasteiger partial charge in [-0.15, -0.1) is 10.2 Å². The fourth-order valence-electron chi connectivity index (χ4n) is 4.67. The van der Waals surface area contributed by atoms with E-state index in [1.54, 1.807) is 0 Å². The number of carbonyl (C=O) groups excluding carboxylic acids is 1. The Labute approximate surface area is 194 Å². The molecule has 0 radical (unpaired) electrons. The van der Waals surface area contributed by atoms with E-state index < -0.39 is 0 Å². The molecule has 2 aromatic rings. The number of hydrogen-bond acceptors (Lipinski definition) is 6. The predicted molar refractivity (Wildman–Crippen MR) is 131 cm³/mol. The molecule has 2 aliphatic heterocycles. The summed E-state index contributed by atoms with van der Waals surface area (Å²) in [4.78, 5) is 17.7. The van der Waals surface area contributed by atoms with E-state index in [9.17, 15) is 4.79 Å². The third-order valence-electron chi connectivity index (χ3n) is 6.70. The fraction of sp³-hybridized carbons (Fsp3) is 0.625. The van der Waals surface area contributed by atoms with Crippen LogP contribution < -0.4 is 15.1 Å². The number of carbonyl (C=O) groups is 1. The zero-order valence-corrected chi connectivity index (χ0v) is 19.8. The number of anilines is 3. The Kier molecular flexibility index (Phi) is 6.57. The van der Waals surface area contributed by atoms with E-state index in [2.05, 4.69) is 42.0 Å². The third-order valence-corrected chi connectivity index (χ3v) is 7.76. The number of nitrogens with zero attached hydrogens (tertiary/aromatic N) is 5. The Balaban J connectivity index is 1.22. The SMILES string of the molecule is CC(Sc1nnc(N2CCCCC2)n1C1CC1)C(=O)Nc1ccc(N2CCCCC2)cc1. The van der Waals surface area contributed by atoms with Gasteiger partial charge in [0.15, 0.2) is 5.16 Å². The molecule has 2 saturated heterocycles. The number of aromatic nitrogens is 3. The summed E-state index contributed by atoms with van der Waals surface area (Å²) in [6.07, 6.45) is 9.94. The number of nitrogens with one attached hydrogen (secondary N) is 1. The van der Waals surface area contributed by atoms with Crippen LogP contribution in [0.1, 0.15) is 64.3 Å². The van der Waals surface area contributed by atoms with Crippen LogP contribution in [0.25, 0.3) is 0 Å². The fourth-order valence-corrected chi connectivity index (χ4v) is 5.59. The molecule has 0 spiro atoms. The van der Waals surface area contributed by atoms with Crippen LogP contribution in [0.5, 0.6) is 0 Å². The Morgan fingerprint density at radius 1 is 0.938 bits per heavy atom. The lowest BCUT2D eigenvalue weighted by molar-refractivity contribution is -0.115. The van der Waals surface area contributed by atoms with Crippen molar-refractivity contribution in [3.63, 3.8) is 0 Å². The molecule has 3 fully saturated rings. The number of hydrogen-bond donors (Lipinski definition) is 1. The van der Waals surface area contributed by atoms with Gasteiger partial charge >= 0.3 is 0 Å². The maximum absolute atomic E-state index is 12.9. The molecule has 0 bridgehead atoms. The van der Waals surface area contributed by atoms with Gasteiger partial charge in [-0.05, 0) is 82.6 Å². The summed E-state index contributed by atoms with van der Waals surface area (Å²) in [6.45, 7) is 6.31. The van der Waals surface area contributed by atoms with Crippen LogP contribution in [0, 0.1) is 0 Å². The highest BCUT2D eigenvalue weighted by molar-refractivity contribution is 8.00. The maximum Gasteiger partial charge on any atom is 0.237 e. The van der Waals surface area contributed by atoms with Crippen LogP contribution in [0.3, 0.4) is 0 Å². The molecular formula is C24H34N6OS. The van der Waals surface area contributed by atoms with Crippen LogP contribution in [-0.4, -0.2) is 52.1 Å². The first-order chi connectivity index (χ1) is 15.7. The van der Waals surface area contributed by atoms with E-state index >= 15 is 0 Å². The van der Waals surface area contributed by atoms with Crippen molar-refractivity contribution < 1.29 is 4.79 Å². The number of amides is 1. The van der Waals surface area contributed by atoms with Crippen molar-refractivity contribution in [3.05, 3.63) is 24.3 Å². The van der Waals surface area contributed by atoms with Gasteiger partial charge in [0.05, 0.1) is 5.25 Å². The van der Waals surface area contributed by atoms with Crippen molar-refractivity contribution in [3.8, 4) is 0 Å². The molecule has 172 valence electrons. The van der Waals surface area contributed by atoms with Crippen molar-refractivity contribution in [2.75, 3.05) is 41.3 Å². The van der Waals surface area contributed by atoms with Crippen LogP contribution in [0.2, 0.25) is 0 Å². The van der Waals surface area contributed by atoms with Gasteiger partial charge in [-0.25, -0.2) is 0 Å². The van der Waals surface area contributed by atoms with E-state index in [1.165, 1.54) is 68.8 Å². The zero-order valence-electron chi connectivity index (χ0n) is 19.0. The molecule has 3 heterocycles. The Bertz CT molecular complexity index is 913. The maximum atomic E-state index is 12.9. The van der Waals surface area contributed by atoms with E-state index in [4.69, 9.17) is 0 Å². The minimum Gasteiger partial charge on any atom is -0.372 e. The van der Waals surface area contributed by atoms with Gasteiger partial charge in [0.25, 0.3) is 0 Å². The van der Waals surface area contributed by atoms with Crippen molar-refractivity contribution in [1.82, 2.24) is 14.8 Å². The molecule has 32 heavy (non-hydrogen) atoms. The first-order valence-electron chi connectivity index (χ1n) is 12.2. The quantitative estimate of drug-likeness (QED) is 0.611. The van der Waals surface area contributed by atoms with Gasteiger partial charge in [-0.3, -0.25) is 9.36 Å². The highest BCUT2D eigenvalue weighted by atomic mass is 32.2. The molecule has 1 aromatic heterocycles. The lowest BCUT2D eigenvalue weighted by Crippen LogP contribution is -2.32. The van der Waals surface area contributed by atoms with Gasteiger partial charge in [-0.2, -0.15) is 0 Å². The van der Waals surface area contributed by atoms with Gasteiger partial charge in [-0.1, -0.05) is 11.8 Å². The van der Waals surface area contributed by atoms with Gasteiger partial charge in [0.2, 0.25) is 11.9 Å². The highest BCUT2D eigenvalue weighted by Crippen LogP contribution is 2.42. The average Bonchev–Trinajstić information content (AvgIpc) is 3.60. The van der Waals surface area contributed by atoms with Crippen molar-refractivity contribution >= 4 is 35.0 Å². The minimum absolute atomic E-state index is 0.00518. The second kappa shape index (κ2) is 9.73. The average molecular weight is 455 g/mol. The van der Waals surface area contributed by atoms with E-state index in [0.29, 0.717) is 6.04 Å². The third kappa shape index (κ3) is 4.90. The highest BCUT2D eigenvalue weighted by Gasteiger charge is 2.33. The summed E-state index contributed by atoms with van der Waals surface area (Å²) in [5, 5.41) is 12.7. The predicted octanol–water partition coefficient (Wildman–Crippen LogP) is 4.71. The molecule has 1 saturated carbocycles. The van der Waals surface area contributed by atoms with Gasteiger partial charge in [0, 0.05) is 43.6 Å². The Hall–Kier alpha value is -2.22. The molecular weight excluding hydrogens is 420 g/mol. The number of rotatable bonds is 7. The molecule has 1 amide bonds. The van der Waals surface area contributed by atoms with Crippen LogP contribution in [-0.2, 0) is 4.79 Å². The van der Waals surface area contributed by atoms with E-state index in [-0.39, 0.29) is 11.2 Å². The standard InChI is InChI=1S/C24H34N6OS/c1-18(22(31)25-19-8-10-20(11-9-19)28-14-4-2-5-15-28)32-24-27-26-23(30(24)21-12-13-21)29-16-6-3-7-17-29/h8-11,18,21H,2-7,12-17H2,1H3,(H,25,31). The van der Waals surface area contributed by atoms with Gasteiger partial charge < -0.3 is 15.1 Å². The van der Waals surface area contributed by atoms with E-state index in [1.807, 2.05) is 19.1 Å². The lowest BCUT2D eigenvalue weighted by atomic mass is 10.1. The molecule has 1 atom stereocenters. The smallest absolute Gasteiger partial charge is 0.237 e. The second-order valence-corrected chi connectivity index (χ2v) is 10.6. The summed E-state index contributed by atoms with van der Waals surface area (Å²) >= 11 is 1.52. The summed E-state index contributed by atoms with van der Waals surface area (Å²) in [5.41, 5.74) is 2.09. The van der Waals surface area contributed by atoms with E-state index in [0.717, 1.165) is 43.0 Å². The minimum atomic E-state index is -0.243. The molecule has 1 N–H and O–H groups in total. The zero-order chi connectivity index (χ0) is 21.9. The molecule has 7 nitrogen and oxygen atoms in total. The summed E-state index contributed by atoms with van der Waals surface area (Å²) in [6, 6.07) is 8.75. The molecule has 8 heteroatoms. The number of piperidine rings is 2. The molecule has 3 aliphatic rings. The molecule has 1 unspecified atom stereocenters. The molecule has 1 aromatic carbocycles. The molecule has 5 rings (SSSR count). The normalized spacial score (nSPS) is 20.3. The van der Waals surface area contributed by atoms with Gasteiger partial charge in [0.1, 0.15) is 0 Å². The van der Waals surface area contributed by atoms with Crippen LogP contribution >= 0.6 is 11.8 Å². The number of benzene rings is 1. The Morgan fingerprint density at radius 3 is 2.19 bits per heavy atom. The Morgan fingerprint density at radius 2 is 1.56 bits per heavy atom. The molecule has 1 aliphatic carbocycles. The van der Waals surface area contributed by atoms with Crippen molar-refractivity contribution in [2.24, 2.45) is 0 Å². The van der Waals surface area contributed by atoms with Crippen LogP contribution in [0.15, 0.2) is 29.4 Å². The van der Waals surface area contributed by atoms with Crippen molar-refractivity contribution in [2.45, 2.75) is 74.7 Å². The monoisotopic (exact) mass is 454 g/mol. The van der Waals surface area contributed by atoms with Crippen LogP contribution in [0.4, 0.5) is 17.3 Å². The topological polar surface area (TPSA) is 66.3 Å². The summed E-state index contributed by atoms with van der Waals surface area (Å²) in [5.74, 6) is 1.00. The first kappa shape index (κ1) is 21.6. The summed E-state index contributed by atoms with van der Waals surface area (Å²) < 4.78 is 2.28. The lowest BCUT2D eigenvalue weighted by Gasteiger charge is -2.28. The number of thioether (sulfide) groups is 1.